The second-order valence-corrected chi connectivity index (χ2v) is 14.7. The van der Waals surface area contributed by atoms with Crippen LogP contribution in [0.4, 0.5) is 5.69 Å². The first kappa shape index (κ1) is 32.1. The van der Waals surface area contributed by atoms with Gasteiger partial charge in [-0.25, -0.2) is 0 Å². The number of carbonyl (C=O) groups is 3. The Morgan fingerprint density at radius 3 is 2.43 bits per heavy atom. The molecule has 2 aromatic carbocycles. The maximum absolute atomic E-state index is 14.4. The zero-order valence-corrected chi connectivity index (χ0v) is 28.0. The first-order valence-electron chi connectivity index (χ1n) is 17.9. The van der Waals surface area contributed by atoms with E-state index in [0.29, 0.717) is 18.2 Å². The van der Waals surface area contributed by atoms with Crippen molar-refractivity contribution < 1.29 is 19.1 Å². The summed E-state index contributed by atoms with van der Waals surface area (Å²) in [5, 5.41) is 6.37. The van der Waals surface area contributed by atoms with Crippen LogP contribution in [0.5, 0.6) is 0 Å². The van der Waals surface area contributed by atoms with Crippen molar-refractivity contribution in [1.29, 1.82) is 0 Å². The quantitative estimate of drug-likeness (QED) is 0.350. The van der Waals surface area contributed by atoms with Gasteiger partial charge in [0.2, 0.25) is 17.7 Å². The number of rotatable bonds is 10. The van der Waals surface area contributed by atoms with E-state index in [2.05, 4.69) is 45.9 Å². The Kier molecular flexibility index (Phi) is 9.25. The Balaban J connectivity index is 1.04. The fourth-order valence-corrected chi connectivity index (χ4v) is 8.91. The lowest BCUT2D eigenvalue weighted by Crippen LogP contribution is -2.56. The molecule has 5 atom stereocenters. The number of carbonyl (C=O) groups excluding carboxylic acids is 3. The van der Waals surface area contributed by atoms with Gasteiger partial charge in [0.15, 0.2) is 0 Å². The normalized spacial score (nSPS) is 29.3. The van der Waals surface area contributed by atoms with Crippen molar-refractivity contribution in [1.82, 2.24) is 15.1 Å². The van der Waals surface area contributed by atoms with Gasteiger partial charge in [0.25, 0.3) is 0 Å². The van der Waals surface area contributed by atoms with Gasteiger partial charge < -0.3 is 25.2 Å². The zero-order chi connectivity index (χ0) is 32.5. The third kappa shape index (κ3) is 6.39. The molecule has 2 aromatic rings. The molecule has 0 aromatic heterocycles. The summed E-state index contributed by atoms with van der Waals surface area (Å²) < 4.78 is 6.57. The molecule has 1 spiro atoms. The van der Waals surface area contributed by atoms with Gasteiger partial charge in [-0.05, 0) is 107 Å². The summed E-state index contributed by atoms with van der Waals surface area (Å²) in [6.07, 6.45) is 12.9. The minimum Gasteiger partial charge on any atom is -0.359 e. The lowest BCUT2D eigenvalue weighted by molar-refractivity contribution is -0.141. The summed E-state index contributed by atoms with van der Waals surface area (Å²) in [6, 6.07) is 15.9. The molecule has 1 aliphatic carbocycles. The standard InChI is InChI=1S/C39H50N4O4/c1-26-14-15-31(24-27(26)2)41-36(44)33-32-16-19-39(47-32)34(33)38(46)43(35(39)37(45)40-30-12-7-4-8-13-30)21-9-20-42-22-17-29(18-23-42)25-28-10-5-3-6-11-28/h3,5-6,10-11,14-16,19,24,29-30,32-35H,4,7-9,12-13,17-18,20-23,25H2,1-2H3,(H,40,45)(H,41,44)/t32-,33-,34-,35+,39-/m1/s1. The number of benzene rings is 2. The zero-order valence-electron chi connectivity index (χ0n) is 28.0. The summed E-state index contributed by atoms with van der Waals surface area (Å²) >= 11 is 0. The Morgan fingerprint density at radius 1 is 0.915 bits per heavy atom. The van der Waals surface area contributed by atoms with Gasteiger partial charge in [-0.15, -0.1) is 0 Å². The van der Waals surface area contributed by atoms with Crippen molar-refractivity contribution in [2.24, 2.45) is 17.8 Å². The summed E-state index contributed by atoms with van der Waals surface area (Å²) in [5.74, 6) is -1.22. The topological polar surface area (TPSA) is 91.0 Å². The molecule has 8 nitrogen and oxygen atoms in total. The Morgan fingerprint density at radius 2 is 1.68 bits per heavy atom. The molecule has 3 amide bonds. The summed E-state index contributed by atoms with van der Waals surface area (Å²) in [6.45, 7) is 7.52. The third-order valence-corrected chi connectivity index (χ3v) is 11.6. The first-order valence-corrected chi connectivity index (χ1v) is 17.9. The van der Waals surface area contributed by atoms with Crippen LogP contribution in [0.3, 0.4) is 0 Å². The second kappa shape index (κ2) is 13.6. The highest BCUT2D eigenvalue weighted by Crippen LogP contribution is 2.55. The van der Waals surface area contributed by atoms with Crippen molar-refractivity contribution in [3.63, 3.8) is 0 Å². The molecular formula is C39H50N4O4. The van der Waals surface area contributed by atoms with E-state index < -0.39 is 29.6 Å². The highest BCUT2D eigenvalue weighted by Gasteiger charge is 2.72. The van der Waals surface area contributed by atoms with Crippen LogP contribution < -0.4 is 10.6 Å². The van der Waals surface area contributed by atoms with E-state index in [1.165, 1.54) is 24.8 Å². The monoisotopic (exact) mass is 638 g/mol. The average molecular weight is 639 g/mol. The SMILES string of the molecule is Cc1ccc(NC(=O)[C@@H]2[C@H]3C=C[C@]4(O3)[C@H](C(=O)NC3CCCCC3)N(CCCN3CCC(Cc5ccccc5)CC3)C(=O)[C@@H]24)cc1C. The number of anilines is 1. The van der Waals surface area contributed by atoms with E-state index in [1.54, 1.807) is 4.90 Å². The molecule has 3 saturated heterocycles. The molecule has 4 heterocycles. The van der Waals surface area contributed by atoms with Gasteiger partial charge in [-0.1, -0.05) is 67.8 Å². The number of aryl methyl sites for hydroxylation is 2. The van der Waals surface area contributed by atoms with Gasteiger partial charge >= 0.3 is 0 Å². The maximum atomic E-state index is 14.4. The molecular weight excluding hydrogens is 588 g/mol. The summed E-state index contributed by atoms with van der Waals surface area (Å²) in [5.41, 5.74) is 3.23. The molecule has 7 rings (SSSR count). The van der Waals surface area contributed by atoms with Crippen LogP contribution in [0.1, 0.15) is 68.1 Å². The van der Waals surface area contributed by atoms with Crippen LogP contribution in [0.25, 0.3) is 0 Å². The van der Waals surface area contributed by atoms with Crippen LogP contribution in [-0.4, -0.2) is 77.5 Å². The second-order valence-electron chi connectivity index (χ2n) is 14.7. The Labute approximate surface area is 279 Å². The average Bonchev–Trinajstić information content (AvgIpc) is 3.72. The number of amides is 3. The van der Waals surface area contributed by atoms with Crippen molar-refractivity contribution in [2.75, 3.05) is 31.5 Å². The lowest BCUT2D eigenvalue weighted by atomic mass is 9.74. The van der Waals surface area contributed by atoms with E-state index in [9.17, 15) is 14.4 Å². The van der Waals surface area contributed by atoms with E-state index >= 15 is 0 Å². The number of hydrogen-bond acceptors (Lipinski definition) is 5. The van der Waals surface area contributed by atoms with Crippen molar-refractivity contribution in [2.45, 2.75) is 95.4 Å². The highest BCUT2D eigenvalue weighted by molar-refractivity contribution is 6.02. The molecule has 5 aliphatic rings. The van der Waals surface area contributed by atoms with Gasteiger partial charge in [-0.3, -0.25) is 14.4 Å². The minimum absolute atomic E-state index is 0.118. The molecule has 0 unspecified atom stereocenters. The van der Waals surface area contributed by atoms with Gasteiger partial charge in [0.05, 0.1) is 17.9 Å². The van der Waals surface area contributed by atoms with E-state index in [-0.39, 0.29) is 23.8 Å². The van der Waals surface area contributed by atoms with Gasteiger partial charge in [0, 0.05) is 18.3 Å². The van der Waals surface area contributed by atoms with Gasteiger partial charge in [-0.2, -0.15) is 0 Å². The number of likely N-dealkylation sites (tertiary alicyclic amines) is 2. The lowest BCUT2D eigenvalue weighted by Gasteiger charge is -2.35. The third-order valence-electron chi connectivity index (χ3n) is 11.6. The van der Waals surface area contributed by atoms with Crippen molar-refractivity contribution in [3.05, 3.63) is 77.4 Å². The first-order chi connectivity index (χ1) is 22.8. The Bertz CT molecular complexity index is 1500. The predicted octanol–water partition coefficient (Wildman–Crippen LogP) is 5.19. The molecule has 250 valence electrons. The van der Waals surface area contributed by atoms with Crippen LogP contribution in [-0.2, 0) is 25.5 Å². The largest absolute Gasteiger partial charge is 0.359 e. The Hall–Kier alpha value is -3.49. The predicted molar refractivity (Wildman–Crippen MR) is 183 cm³/mol. The number of nitrogens with one attached hydrogen (secondary N) is 2. The van der Waals surface area contributed by atoms with E-state index in [0.717, 1.165) is 69.3 Å². The summed E-state index contributed by atoms with van der Waals surface area (Å²) in [4.78, 5) is 46.6. The van der Waals surface area contributed by atoms with Crippen molar-refractivity contribution >= 4 is 23.4 Å². The molecule has 4 fully saturated rings. The fourth-order valence-electron chi connectivity index (χ4n) is 8.91. The number of fused-ring (bicyclic) bond motifs is 1. The minimum atomic E-state index is -1.12. The van der Waals surface area contributed by atoms with Crippen molar-refractivity contribution in [3.8, 4) is 0 Å². The summed E-state index contributed by atoms with van der Waals surface area (Å²) in [7, 11) is 0. The van der Waals surface area contributed by atoms with Crippen LogP contribution in [0.2, 0.25) is 0 Å². The number of nitrogens with zero attached hydrogens (tertiary/aromatic N) is 2. The molecule has 2 bridgehead atoms. The molecule has 2 N–H and O–H groups in total. The molecule has 0 radical (unpaired) electrons. The number of hydrogen-bond donors (Lipinski definition) is 2. The number of ether oxygens (including phenoxy) is 1. The van der Waals surface area contributed by atoms with E-state index in [4.69, 9.17) is 4.74 Å². The van der Waals surface area contributed by atoms with Crippen LogP contribution in [0, 0.1) is 31.6 Å². The fraction of sp³-hybridized carbons (Fsp3) is 0.564. The molecule has 4 aliphatic heterocycles. The molecule has 1 saturated carbocycles. The van der Waals surface area contributed by atoms with Crippen LogP contribution in [0.15, 0.2) is 60.7 Å². The molecule has 47 heavy (non-hydrogen) atoms. The van der Waals surface area contributed by atoms with Gasteiger partial charge in [0.1, 0.15) is 11.6 Å². The van der Waals surface area contributed by atoms with E-state index in [1.807, 2.05) is 44.2 Å². The maximum Gasteiger partial charge on any atom is 0.246 e. The number of piperidine rings is 1. The highest BCUT2D eigenvalue weighted by atomic mass is 16.5. The van der Waals surface area contributed by atoms with Crippen LogP contribution >= 0.6 is 0 Å². The smallest absolute Gasteiger partial charge is 0.246 e. The molecule has 8 heteroatoms.